The minimum atomic E-state index is -6.08. The zero-order valence-corrected chi connectivity index (χ0v) is 17.9. The maximum atomic E-state index is 14.4. The maximum Gasteiger partial charge on any atom is 0.497 e. The van der Waals surface area contributed by atoms with Crippen LogP contribution in [0.5, 0.6) is 0 Å². The van der Waals surface area contributed by atoms with E-state index in [4.69, 9.17) is 18.4 Å². The van der Waals surface area contributed by atoms with E-state index in [0.29, 0.717) is 26.2 Å². The fourth-order valence-electron chi connectivity index (χ4n) is 4.25. The molecule has 2 bridgehead atoms. The van der Waals surface area contributed by atoms with E-state index in [-0.39, 0.29) is 12.8 Å². The molecule has 0 amide bonds. The standard InChI is InChI=1S/C10H11F7O.C7H18O3Si/c11-7(4-5-1-2-6(7)3-5)8(18,9(12,13)14)10(15,16)17;1-5-8-11(4,9-6-2)10-7-3/h5-6,18H,1-4H2;5-7H2,1-4H3. The molecule has 3 atom stereocenters. The first-order chi connectivity index (χ1) is 13.1. The zero-order valence-electron chi connectivity index (χ0n) is 16.9. The van der Waals surface area contributed by atoms with Crippen LogP contribution in [0.3, 0.4) is 0 Å². The molecule has 0 aliphatic heterocycles. The first-order valence-electron chi connectivity index (χ1n) is 9.58. The minimum absolute atomic E-state index is 0.0228. The summed E-state index contributed by atoms with van der Waals surface area (Å²) in [7, 11) is -2.25. The second-order valence-corrected chi connectivity index (χ2v) is 9.90. The molecular formula is C17H29F7O4Si. The van der Waals surface area contributed by atoms with Crippen molar-refractivity contribution < 1.29 is 49.1 Å². The normalized spacial score (nSPS) is 27.7. The van der Waals surface area contributed by atoms with Crippen molar-refractivity contribution in [2.75, 3.05) is 19.8 Å². The lowest BCUT2D eigenvalue weighted by atomic mass is 9.72. The number of hydrogen-bond donors (Lipinski definition) is 1. The number of halogens is 7. The first-order valence-corrected chi connectivity index (χ1v) is 11.8. The topological polar surface area (TPSA) is 47.9 Å². The lowest BCUT2D eigenvalue weighted by molar-refractivity contribution is -0.408. The van der Waals surface area contributed by atoms with E-state index in [9.17, 15) is 30.7 Å². The van der Waals surface area contributed by atoms with Crippen molar-refractivity contribution in [2.24, 2.45) is 11.8 Å². The van der Waals surface area contributed by atoms with Gasteiger partial charge in [0.05, 0.1) is 0 Å². The van der Waals surface area contributed by atoms with Crippen molar-refractivity contribution in [3.8, 4) is 0 Å². The average molecular weight is 458 g/mol. The summed E-state index contributed by atoms with van der Waals surface area (Å²) in [6.45, 7) is 9.73. The Kier molecular flexibility index (Phi) is 8.60. The van der Waals surface area contributed by atoms with Gasteiger partial charge in [0.15, 0.2) is 5.67 Å². The Balaban J connectivity index is 0.000000331. The Morgan fingerprint density at radius 2 is 1.31 bits per heavy atom. The summed E-state index contributed by atoms with van der Waals surface area (Å²) < 4.78 is 106. The summed E-state index contributed by atoms with van der Waals surface area (Å²) in [5.41, 5.74) is -8.93. The van der Waals surface area contributed by atoms with Gasteiger partial charge in [-0.3, -0.25) is 0 Å². The Hall–Kier alpha value is -0.433. The lowest BCUT2D eigenvalue weighted by Crippen LogP contribution is -2.70. The van der Waals surface area contributed by atoms with E-state index in [1.54, 1.807) is 0 Å². The van der Waals surface area contributed by atoms with Crippen LogP contribution >= 0.6 is 0 Å². The molecule has 174 valence electrons. The highest BCUT2D eigenvalue weighted by Gasteiger charge is 2.83. The second-order valence-electron chi connectivity index (χ2n) is 7.31. The second kappa shape index (κ2) is 9.37. The Labute approximate surface area is 167 Å². The number of alkyl halides is 7. The van der Waals surface area contributed by atoms with Crippen molar-refractivity contribution in [1.82, 2.24) is 0 Å². The highest BCUT2D eigenvalue weighted by Crippen LogP contribution is 2.63. The van der Waals surface area contributed by atoms with Gasteiger partial charge in [-0.2, -0.15) is 26.3 Å². The molecule has 2 saturated carbocycles. The van der Waals surface area contributed by atoms with Gasteiger partial charge in [0.25, 0.3) is 5.60 Å². The van der Waals surface area contributed by atoms with Crippen LogP contribution in [0.1, 0.15) is 46.5 Å². The van der Waals surface area contributed by atoms with Gasteiger partial charge in [-0.1, -0.05) is 0 Å². The van der Waals surface area contributed by atoms with E-state index >= 15 is 0 Å². The van der Waals surface area contributed by atoms with E-state index < -0.39 is 50.7 Å². The Morgan fingerprint density at radius 1 is 0.897 bits per heavy atom. The van der Waals surface area contributed by atoms with Crippen molar-refractivity contribution in [2.45, 2.75) is 76.6 Å². The molecule has 0 saturated heterocycles. The fraction of sp³-hybridized carbons (Fsp3) is 1.00. The van der Waals surface area contributed by atoms with Gasteiger partial charge < -0.3 is 18.4 Å². The van der Waals surface area contributed by atoms with Crippen LogP contribution in [0, 0.1) is 11.8 Å². The summed E-state index contributed by atoms with van der Waals surface area (Å²) in [5, 5.41) is 9.14. The average Bonchev–Trinajstić information content (AvgIpc) is 3.14. The molecule has 4 nitrogen and oxygen atoms in total. The molecule has 0 spiro atoms. The third-order valence-electron chi connectivity index (χ3n) is 5.42. The molecule has 2 aliphatic rings. The third-order valence-corrected chi connectivity index (χ3v) is 7.85. The summed E-state index contributed by atoms with van der Waals surface area (Å²) in [6.07, 6.45) is -12.7. The number of aliphatic hydroxyl groups is 1. The van der Waals surface area contributed by atoms with E-state index in [1.807, 2.05) is 27.3 Å². The zero-order chi connectivity index (χ0) is 22.7. The third kappa shape index (κ3) is 5.25. The van der Waals surface area contributed by atoms with Crippen LogP contribution in [0.15, 0.2) is 0 Å². The highest BCUT2D eigenvalue weighted by molar-refractivity contribution is 6.59. The largest absolute Gasteiger partial charge is 0.497 e. The highest BCUT2D eigenvalue weighted by atomic mass is 28.4. The Bertz CT molecular complexity index is 498. The SMILES string of the molecule is CCO[Si](C)(OCC)OCC.OC(C(F)(F)F)(C(F)(F)F)C1(F)CC2CCC1C2. The fourth-order valence-corrected chi connectivity index (χ4v) is 6.07. The molecule has 0 aromatic carbocycles. The molecule has 0 heterocycles. The molecule has 0 aromatic rings. The van der Waals surface area contributed by atoms with Crippen LogP contribution in [-0.4, -0.2) is 57.4 Å². The number of fused-ring (bicyclic) bond motifs is 2. The maximum absolute atomic E-state index is 14.4. The van der Waals surface area contributed by atoms with E-state index in [0.717, 1.165) is 0 Å². The van der Waals surface area contributed by atoms with Gasteiger partial charge in [0.1, 0.15) is 0 Å². The summed E-state index contributed by atoms with van der Waals surface area (Å²) in [4.78, 5) is 0. The van der Waals surface area contributed by atoms with Crippen LogP contribution < -0.4 is 0 Å². The number of rotatable bonds is 7. The van der Waals surface area contributed by atoms with Crippen molar-refractivity contribution >= 4 is 8.80 Å². The van der Waals surface area contributed by atoms with Crippen LogP contribution in [0.2, 0.25) is 6.55 Å². The predicted octanol–water partition coefficient (Wildman–Crippen LogP) is 5.04. The molecule has 2 aliphatic carbocycles. The molecule has 2 fully saturated rings. The van der Waals surface area contributed by atoms with E-state index in [2.05, 4.69) is 0 Å². The molecule has 12 heteroatoms. The molecule has 0 radical (unpaired) electrons. The molecular weight excluding hydrogens is 429 g/mol. The number of hydrogen-bond acceptors (Lipinski definition) is 4. The molecule has 3 unspecified atom stereocenters. The van der Waals surface area contributed by atoms with Crippen molar-refractivity contribution in [1.29, 1.82) is 0 Å². The van der Waals surface area contributed by atoms with E-state index in [1.165, 1.54) is 0 Å². The van der Waals surface area contributed by atoms with Gasteiger partial charge in [0.2, 0.25) is 0 Å². The summed E-state index contributed by atoms with van der Waals surface area (Å²) in [5.74, 6) is -1.88. The predicted molar refractivity (Wildman–Crippen MR) is 92.8 cm³/mol. The summed E-state index contributed by atoms with van der Waals surface area (Å²) >= 11 is 0. The monoisotopic (exact) mass is 458 g/mol. The molecule has 0 aromatic heterocycles. The molecule has 29 heavy (non-hydrogen) atoms. The van der Waals surface area contributed by atoms with Crippen molar-refractivity contribution in [3.05, 3.63) is 0 Å². The van der Waals surface area contributed by atoms with Gasteiger partial charge in [0, 0.05) is 26.4 Å². The first kappa shape index (κ1) is 26.6. The van der Waals surface area contributed by atoms with Crippen LogP contribution in [0.25, 0.3) is 0 Å². The quantitative estimate of drug-likeness (QED) is 0.429. The van der Waals surface area contributed by atoms with Gasteiger partial charge in [-0.25, -0.2) is 4.39 Å². The van der Waals surface area contributed by atoms with Gasteiger partial charge >= 0.3 is 21.2 Å². The van der Waals surface area contributed by atoms with Crippen molar-refractivity contribution in [3.63, 3.8) is 0 Å². The van der Waals surface area contributed by atoms with Crippen LogP contribution in [0.4, 0.5) is 30.7 Å². The summed E-state index contributed by atoms with van der Waals surface area (Å²) in [6, 6.07) is 0. The van der Waals surface area contributed by atoms with Gasteiger partial charge in [-0.15, -0.1) is 0 Å². The Morgan fingerprint density at radius 3 is 1.55 bits per heavy atom. The lowest BCUT2D eigenvalue weighted by Gasteiger charge is -2.45. The smallest absolute Gasteiger partial charge is 0.374 e. The van der Waals surface area contributed by atoms with Gasteiger partial charge in [-0.05, 0) is 58.3 Å². The molecule has 2 rings (SSSR count). The minimum Gasteiger partial charge on any atom is -0.374 e. The molecule has 1 N–H and O–H groups in total. The van der Waals surface area contributed by atoms with Crippen LogP contribution in [-0.2, 0) is 13.3 Å².